The third-order valence-corrected chi connectivity index (χ3v) is 11.3. The third-order valence-electron chi connectivity index (χ3n) is 10.9. The van der Waals surface area contributed by atoms with Gasteiger partial charge < -0.3 is 14.5 Å². The van der Waals surface area contributed by atoms with Gasteiger partial charge in [0.2, 0.25) is 0 Å². The van der Waals surface area contributed by atoms with E-state index in [4.69, 9.17) is 26.3 Å². The highest BCUT2D eigenvalue weighted by molar-refractivity contribution is 6.31. The molecule has 2 aromatic rings. The average Bonchev–Trinajstić information content (AvgIpc) is 3.72. The number of aryl methyl sites for hydroxylation is 1. The summed E-state index contributed by atoms with van der Waals surface area (Å²) in [5, 5.41) is 10.4. The van der Waals surface area contributed by atoms with E-state index in [1.54, 1.807) is 0 Å². The molecule has 8 nitrogen and oxygen atoms in total. The Morgan fingerprint density at radius 3 is 2.75 bits per heavy atom. The number of aromatic nitrogens is 2. The summed E-state index contributed by atoms with van der Waals surface area (Å²) in [5.74, 6) is -0.816. The lowest BCUT2D eigenvalue weighted by molar-refractivity contribution is -0.131. The Labute approximate surface area is 263 Å². The standard InChI is InChI=1S/C34H40ClFN6O2/c1-22-6-8-26-24(4-3-5-28(26)35)7-9-27-29(22)38-32(44-21-34-13-15-41(34)20-33(19-34)11-12-33)39-30(27)40-16-17-42(31(43)23(2)36)25(18-40)10-14-37/h3-5,22,25H,2,6-13,15-21H2,1H3. The number of carbonyl (C=O) groups excluding carboxylic acids is 1. The van der Waals surface area contributed by atoms with Crippen molar-refractivity contribution in [1.29, 1.82) is 5.26 Å². The van der Waals surface area contributed by atoms with Gasteiger partial charge in [-0.15, -0.1) is 0 Å². The molecule has 44 heavy (non-hydrogen) atoms. The van der Waals surface area contributed by atoms with Crippen molar-refractivity contribution < 1.29 is 13.9 Å². The second kappa shape index (κ2) is 11.3. The maximum atomic E-state index is 13.9. The van der Waals surface area contributed by atoms with Crippen LogP contribution in [-0.2, 0) is 24.1 Å². The van der Waals surface area contributed by atoms with Crippen LogP contribution in [0.15, 0.2) is 30.6 Å². The third kappa shape index (κ3) is 5.24. The predicted molar refractivity (Wildman–Crippen MR) is 167 cm³/mol. The Morgan fingerprint density at radius 2 is 2.02 bits per heavy atom. The van der Waals surface area contributed by atoms with Gasteiger partial charge in [-0.25, -0.2) is 4.39 Å². The molecule has 1 aromatic carbocycles. The summed E-state index contributed by atoms with van der Waals surface area (Å²) in [6.45, 7) is 9.42. The van der Waals surface area contributed by atoms with Crippen LogP contribution in [0.2, 0.25) is 5.02 Å². The fraction of sp³-hybridized carbons (Fsp3) is 0.588. The predicted octanol–water partition coefficient (Wildman–Crippen LogP) is 5.39. The Balaban J connectivity index is 1.23. The second-order valence-electron chi connectivity index (χ2n) is 13.7. The molecule has 3 atom stereocenters. The van der Waals surface area contributed by atoms with Crippen molar-refractivity contribution in [2.24, 2.45) is 5.41 Å². The molecule has 4 heterocycles. The van der Waals surface area contributed by atoms with Gasteiger partial charge in [-0.2, -0.15) is 15.2 Å². The first-order valence-electron chi connectivity index (χ1n) is 16.0. The van der Waals surface area contributed by atoms with Crippen molar-refractivity contribution in [3.05, 3.63) is 58.0 Å². The summed E-state index contributed by atoms with van der Waals surface area (Å²) < 4.78 is 20.4. The average molecular weight is 619 g/mol. The number of benzene rings is 1. The van der Waals surface area contributed by atoms with Crippen molar-refractivity contribution in [3.8, 4) is 12.1 Å². The number of carbonyl (C=O) groups is 1. The molecule has 1 spiro atoms. The molecule has 7 rings (SSSR count). The summed E-state index contributed by atoms with van der Waals surface area (Å²) >= 11 is 6.67. The zero-order chi connectivity index (χ0) is 30.6. The number of ether oxygens (including phenoxy) is 1. The number of halogens is 2. The van der Waals surface area contributed by atoms with E-state index in [1.807, 2.05) is 12.1 Å². The van der Waals surface area contributed by atoms with Crippen molar-refractivity contribution >= 4 is 23.3 Å². The van der Waals surface area contributed by atoms with E-state index in [0.29, 0.717) is 31.1 Å². The van der Waals surface area contributed by atoms with Crippen molar-refractivity contribution in [2.75, 3.05) is 44.2 Å². The van der Waals surface area contributed by atoms with Crippen LogP contribution < -0.4 is 9.64 Å². The van der Waals surface area contributed by atoms with Crippen molar-refractivity contribution in [2.45, 2.75) is 82.2 Å². The van der Waals surface area contributed by atoms with E-state index in [9.17, 15) is 14.4 Å². The first kappa shape index (κ1) is 29.5. The molecule has 3 unspecified atom stereocenters. The quantitative estimate of drug-likeness (QED) is 0.402. The van der Waals surface area contributed by atoms with Crippen LogP contribution in [0, 0.1) is 16.7 Å². The van der Waals surface area contributed by atoms with Gasteiger partial charge in [-0.05, 0) is 79.9 Å². The first-order valence-corrected chi connectivity index (χ1v) is 16.4. The Bertz CT molecular complexity index is 1540. The highest BCUT2D eigenvalue weighted by Crippen LogP contribution is 2.61. The number of hydrogen-bond donors (Lipinski definition) is 0. The number of rotatable bonds is 6. The monoisotopic (exact) mass is 618 g/mol. The fourth-order valence-electron chi connectivity index (χ4n) is 8.18. The lowest BCUT2D eigenvalue weighted by Gasteiger charge is -2.47. The van der Waals surface area contributed by atoms with Crippen molar-refractivity contribution in [3.63, 3.8) is 0 Å². The highest BCUT2D eigenvalue weighted by Gasteiger charge is 2.62. The largest absolute Gasteiger partial charge is 0.461 e. The van der Waals surface area contributed by atoms with Gasteiger partial charge in [-0.1, -0.05) is 37.2 Å². The van der Waals surface area contributed by atoms with Crippen LogP contribution in [0.5, 0.6) is 6.01 Å². The molecule has 5 aliphatic rings. The molecule has 3 saturated heterocycles. The van der Waals surface area contributed by atoms with Gasteiger partial charge in [0, 0.05) is 43.3 Å². The van der Waals surface area contributed by atoms with Gasteiger partial charge in [0.1, 0.15) is 12.4 Å². The van der Waals surface area contributed by atoms with Crippen molar-refractivity contribution in [1.82, 2.24) is 19.8 Å². The molecule has 1 aromatic heterocycles. The maximum absolute atomic E-state index is 13.9. The topological polar surface area (TPSA) is 85.6 Å². The van der Waals surface area contributed by atoms with Gasteiger partial charge in [-0.3, -0.25) is 9.69 Å². The molecule has 1 saturated carbocycles. The number of hydrogen-bond acceptors (Lipinski definition) is 7. The van der Waals surface area contributed by atoms with Crippen LogP contribution in [-0.4, -0.2) is 76.6 Å². The summed E-state index contributed by atoms with van der Waals surface area (Å²) in [4.78, 5) is 29.0. The number of piperazine rings is 1. The number of amides is 1. The normalized spacial score (nSPS) is 27.1. The minimum atomic E-state index is -1.00. The zero-order valence-electron chi connectivity index (χ0n) is 25.5. The molecule has 0 bridgehead atoms. The van der Waals surface area contributed by atoms with Gasteiger partial charge in [0.15, 0.2) is 5.83 Å². The molecule has 0 N–H and O–H groups in total. The van der Waals surface area contributed by atoms with E-state index in [0.717, 1.165) is 60.7 Å². The van der Waals surface area contributed by atoms with E-state index in [1.165, 1.54) is 41.8 Å². The minimum Gasteiger partial charge on any atom is -0.461 e. The number of nitrogens with zero attached hydrogens (tertiary/aromatic N) is 6. The summed E-state index contributed by atoms with van der Waals surface area (Å²) in [5.41, 5.74) is 5.09. The molecular weight excluding hydrogens is 579 g/mol. The second-order valence-corrected chi connectivity index (χ2v) is 14.1. The fourth-order valence-corrected chi connectivity index (χ4v) is 8.47. The van der Waals surface area contributed by atoms with Crippen LogP contribution in [0.25, 0.3) is 0 Å². The molecule has 0 radical (unpaired) electrons. The molecule has 1 amide bonds. The minimum absolute atomic E-state index is 0.0877. The van der Waals surface area contributed by atoms with E-state index in [2.05, 4.69) is 35.4 Å². The van der Waals surface area contributed by atoms with Crippen LogP contribution in [0.4, 0.5) is 10.2 Å². The van der Waals surface area contributed by atoms with Crippen LogP contribution in [0.1, 0.15) is 73.8 Å². The number of fused-ring (bicyclic) bond motifs is 3. The Hall–Kier alpha value is -3.22. The number of anilines is 1. The SMILES string of the molecule is C=C(F)C(=O)N1CCN(c2nc(OCC34CCN3CC3(CC3)C4)nc3c2CCc2cccc(Cl)c2CCC3C)CC1CC#N. The van der Waals surface area contributed by atoms with E-state index in [-0.39, 0.29) is 24.4 Å². The maximum Gasteiger partial charge on any atom is 0.318 e. The van der Waals surface area contributed by atoms with E-state index < -0.39 is 17.8 Å². The number of nitriles is 1. The molecule has 2 aliphatic carbocycles. The Kier molecular flexibility index (Phi) is 7.57. The first-order chi connectivity index (χ1) is 21.2. The Morgan fingerprint density at radius 1 is 1.18 bits per heavy atom. The molecule has 4 fully saturated rings. The van der Waals surface area contributed by atoms with Gasteiger partial charge >= 0.3 is 6.01 Å². The van der Waals surface area contributed by atoms with Crippen LogP contribution in [0.3, 0.4) is 0 Å². The highest BCUT2D eigenvalue weighted by atomic mass is 35.5. The van der Waals surface area contributed by atoms with Gasteiger partial charge in [0.25, 0.3) is 5.91 Å². The molecule has 3 aliphatic heterocycles. The molecular formula is C34H40ClFN6O2. The lowest BCUT2D eigenvalue weighted by Crippen LogP contribution is -2.59. The van der Waals surface area contributed by atoms with E-state index >= 15 is 0 Å². The molecule has 232 valence electrons. The summed E-state index contributed by atoms with van der Waals surface area (Å²) in [7, 11) is 0. The molecule has 10 heteroatoms. The summed E-state index contributed by atoms with van der Waals surface area (Å²) in [6.07, 6.45) is 8.36. The van der Waals surface area contributed by atoms with Crippen LogP contribution >= 0.6 is 11.6 Å². The smallest absolute Gasteiger partial charge is 0.318 e. The summed E-state index contributed by atoms with van der Waals surface area (Å²) in [6, 6.07) is 8.24. The lowest BCUT2D eigenvalue weighted by atomic mass is 9.83. The van der Waals surface area contributed by atoms with Gasteiger partial charge in [0.05, 0.1) is 29.8 Å². The zero-order valence-corrected chi connectivity index (χ0v) is 26.2.